The number of rotatable bonds is 8. The molecule has 0 amide bonds. The molecule has 1 heterocycles. The summed E-state index contributed by atoms with van der Waals surface area (Å²) in [4.78, 5) is 25.4. The lowest BCUT2D eigenvalue weighted by atomic mass is 9.78. The molecule has 0 atom stereocenters. The smallest absolute Gasteiger partial charge is 0.202 e. The van der Waals surface area contributed by atoms with E-state index in [1.807, 2.05) is 72.7 Å². The Morgan fingerprint density at radius 2 is 1.35 bits per heavy atom. The summed E-state index contributed by atoms with van der Waals surface area (Å²) in [5.74, 6) is 0.274. The molecule has 0 spiro atoms. The minimum absolute atomic E-state index is 0. The van der Waals surface area contributed by atoms with Crippen LogP contribution in [0, 0.1) is 5.41 Å². The second-order valence-electron chi connectivity index (χ2n) is 11.6. The van der Waals surface area contributed by atoms with Gasteiger partial charge in [-0.3, -0.25) is 15.0 Å². The van der Waals surface area contributed by atoms with Gasteiger partial charge < -0.3 is 14.2 Å². The number of imidazole rings is 1. The highest BCUT2D eigenvalue weighted by Crippen LogP contribution is 2.39. The third-order valence-corrected chi connectivity index (χ3v) is 6.44. The van der Waals surface area contributed by atoms with Gasteiger partial charge in [0.15, 0.2) is 11.6 Å². The Balaban J connectivity index is 0.00000481. The number of hydrogen-bond donors (Lipinski definition) is 2. The van der Waals surface area contributed by atoms with E-state index >= 15 is 0 Å². The third-order valence-electron chi connectivity index (χ3n) is 6.44. The average Bonchev–Trinajstić information content (AvgIpc) is 3.11. The van der Waals surface area contributed by atoms with E-state index in [1.54, 1.807) is 33.7 Å². The first-order chi connectivity index (χ1) is 16.7. The normalized spacial score (nSPS) is 11.8. The van der Waals surface area contributed by atoms with E-state index in [9.17, 15) is 14.7 Å². The number of phenols is 1. The summed E-state index contributed by atoms with van der Waals surface area (Å²) in [6.45, 7) is 14.6. The number of nitrogens with zero attached hydrogens (tertiary/aromatic N) is 2. The lowest BCUT2D eigenvalue weighted by Crippen LogP contribution is -2.27. The predicted molar refractivity (Wildman–Crippen MR) is 153 cm³/mol. The molecule has 6 nitrogen and oxygen atoms in total. The van der Waals surface area contributed by atoms with E-state index in [-0.39, 0.29) is 57.3 Å². The Hall–Kier alpha value is -2.93. The number of aromatic nitrogens is 2. The summed E-state index contributed by atoms with van der Waals surface area (Å²) >= 11 is 0. The molecule has 2 aromatic carbocycles. The van der Waals surface area contributed by atoms with Crippen molar-refractivity contribution < 1.29 is 14.7 Å². The molecule has 0 fully saturated rings. The van der Waals surface area contributed by atoms with Crippen molar-refractivity contribution in [1.82, 2.24) is 9.13 Å². The number of phenolic OH excluding ortho intramolecular Hbond substituents is 1. The predicted octanol–water partition coefficient (Wildman–Crippen LogP) is 6.56. The Bertz CT molecular complexity index is 1280. The van der Waals surface area contributed by atoms with Crippen LogP contribution in [0.2, 0.25) is 0 Å². The number of aromatic hydroxyl groups is 1. The van der Waals surface area contributed by atoms with Gasteiger partial charge in [-0.05, 0) is 34.9 Å². The van der Waals surface area contributed by atoms with Gasteiger partial charge in [0.25, 0.3) is 0 Å². The molecule has 0 aliphatic rings. The molecule has 0 radical (unpaired) electrons. The fraction of sp³-hybridized carbons (Fsp3) is 0.433. The maximum absolute atomic E-state index is 13.3. The van der Waals surface area contributed by atoms with Crippen LogP contribution in [0.3, 0.4) is 0 Å². The molecule has 7 heteroatoms. The number of carbonyl (C=O) groups excluding carboxylic acids is 2. The van der Waals surface area contributed by atoms with E-state index in [1.165, 1.54) is 0 Å². The monoisotopic (exact) mass is 569 g/mol. The molecule has 37 heavy (non-hydrogen) atoms. The standard InChI is InChI=1S/C30H39N3O3.BrH/c1-8-9-25(34)21-12-10-20(11-13-21)18-32-14-15-33(28(32)31)19-26(35)22-16-23(29(2,3)4)27(36)24(17-22)30(5,6)7;/h10-17,31,36H,8-9,18-19H2,1-7H3;1H. The summed E-state index contributed by atoms with van der Waals surface area (Å²) in [7, 11) is 0. The van der Waals surface area contributed by atoms with Crippen molar-refractivity contribution in [3.63, 3.8) is 0 Å². The van der Waals surface area contributed by atoms with Crippen LogP contribution in [-0.4, -0.2) is 25.8 Å². The number of Topliss-reactive ketones (excluding diaryl/α,β-unsaturated/α-hetero) is 2. The Morgan fingerprint density at radius 1 is 0.838 bits per heavy atom. The van der Waals surface area contributed by atoms with Crippen molar-refractivity contribution in [2.45, 2.75) is 85.2 Å². The molecular formula is C30H40BrN3O3. The van der Waals surface area contributed by atoms with Crippen LogP contribution in [0.4, 0.5) is 0 Å². The van der Waals surface area contributed by atoms with Crippen LogP contribution in [0.5, 0.6) is 5.75 Å². The van der Waals surface area contributed by atoms with Gasteiger partial charge in [-0.2, -0.15) is 0 Å². The number of benzene rings is 2. The minimum Gasteiger partial charge on any atom is -0.507 e. The number of hydrogen-bond acceptors (Lipinski definition) is 4. The van der Waals surface area contributed by atoms with E-state index in [0.29, 0.717) is 24.1 Å². The zero-order valence-electron chi connectivity index (χ0n) is 23.0. The number of halogens is 1. The maximum Gasteiger partial charge on any atom is 0.202 e. The first-order valence-electron chi connectivity index (χ1n) is 12.6. The first-order valence-corrected chi connectivity index (χ1v) is 12.6. The summed E-state index contributed by atoms with van der Waals surface area (Å²) in [6, 6.07) is 11.1. The van der Waals surface area contributed by atoms with Crippen LogP contribution >= 0.6 is 17.0 Å². The molecule has 0 aliphatic carbocycles. The highest BCUT2D eigenvalue weighted by Gasteiger charge is 2.28. The zero-order chi connectivity index (χ0) is 26.8. The highest BCUT2D eigenvalue weighted by atomic mass is 79.9. The molecule has 0 saturated carbocycles. The summed E-state index contributed by atoms with van der Waals surface area (Å²) in [5, 5.41) is 19.5. The highest BCUT2D eigenvalue weighted by molar-refractivity contribution is 8.93. The van der Waals surface area contributed by atoms with Gasteiger partial charge >= 0.3 is 0 Å². The molecule has 2 N–H and O–H groups in total. The van der Waals surface area contributed by atoms with E-state index in [2.05, 4.69) is 0 Å². The molecule has 0 aliphatic heterocycles. The first kappa shape index (κ1) is 30.3. The Labute approximate surface area is 230 Å². The molecule has 0 bridgehead atoms. The van der Waals surface area contributed by atoms with Gasteiger partial charge in [0.1, 0.15) is 5.75 Å². The van der Waals surface area contributed by atoms with Crippen LogP contribution in [0.1, 0.15) is 98.7 Å². The van der Waals surface area contributed by atoms with Crippen molar-refractivity contribution in [3.8, 4) is 5.75 Å². The quantitative estimate of drug-likeness (QED) is 0.301. The SMILES string of the molecule is Br.CCCC(=O)c1ccc(Cn2ccn(CC(=O)c3cc(C(C)(C)C)c(O)c(C(C)(C)C)c3)c2=N)cc1. The lowest BCUT2D eigenvalue weighted by Gasteiger charge is -2.28. The van der Waals surface area contributed by atoms with Crippen molar-refractivity contribution in [3.05, 3.63) is 82.2 Å². The van der Waals surface area contributed by atoms with Crippen molar-refractivity contribution in [2.75, 3.05) is 0 Å². The van der Waals surface area contributed by atoms with Gasteiger partial charge in [-0.15, -0.1) is 17.0 Å². The average molecular weight is 571 g/mol. The molecule has 1 aromatic heterocycles. The summed E-state index contributed by atoms with van der Waals surface area (Å²) in [6.07, 6.45) is 4.90. The van der Waals surface area contributed by atoms with E-state index in [4.69, 9.17) is 5.41 Å². The van der Waals surface area contributed by atoms with Crippen LogP contribution in [-0.2, 0) is 23.9 Å². The lowest BCUT2D eigenvalue weighted by molar-refractivity contribution is 0.0965. The topological polar surface area (TPSA) is 88.1 Å². The van der Waals surface area contributed by atoms with Gasteiger partial charge in [-0.25, -0.2) is 0 Å². The number of nitrogens with one attached hydrogen (secondary N) is 1. The second kappa shape index (κ2) is 11.6. The zero-order valence-corrected chi connectivity index (χ0v) is 24.7. The van der Waals surface area contributed by atoms with Gasteiger partial charge in [0.2, 0.25) is 5.62 Å². The van der Waals surface area contributed by atoms with Crippen molar-refractivity contribution in [2.24, 2.45) is 0 Å². The molecule has 3 rings (SSSR count). The fourth-order valence-corrected chi connectivity index (χ4v) is 4.27. The molecule has 200 valence electrons. The minimum atomic E-state index is -0.325. The Kier molecular flexibility index (Phi) is 9.53. The second-order valence-corrected chi connectivity index (χ2v) is 11.6. The number of ketones is 2. The molecular weight excluding hydrogens is 530 g/mol. The van der Waals surface area contributed by atoms with Gasteiger partial charge in [-0.1, -0.05) is 72.7 Å². The van der Waals surface area contributed by atoms with E-state index in [0.717, 1.165) is 23.1 Å². The Morgan fingerprint density at radius 3 is 1.84 bits per heavy atom. The largest absolute Gasteiger partial charge is 0.507 e. The third kappa shape index (κ3) is 7.10. The summed E-state index contributed by atoms with van der Waals surface area (Å²) in [5.41, 5.74) is 3.28. The molecule has 3 aromatic rings. The van der Waals surface area contributed by atoms with E-state index < -0.39 is 0 Å². The van der Waals surface area contributed by atoms with Crippen molar-refractivity contribution >= 4 is 28.5 Å². The van der Waals surface area contributed by atoms with Crippen LogP contribution in [0.15, 0.2) is 48.8 Å². The fourth-order valence-electron chi connectivity index (χ4n) is 4.27. The van der Waals surface area contributed by atoms with Gasteiger partial charge in [0.05, 0.1) is 13.1 Å². The molecule has 0 saturated heterocycles. The van der Waals surface area contributed by atoms with Gasteiger partial charge in [0, 0.05) is 41.1 Å². The molecule has 0 unspecified atom stereocenters. The van der Waals surface area contributed by atoms with Crippen LogP contribution < -0.4 is 5.62 Å². The number of carbonyl (C=O) groups is 2. The van der Waals surface area contributed by atoms with Crippen molar-refractivity contribution in [1.29, 1.82) is 5.41 Å². The maximum atomic E-state index is 13.3. The van der Waals surface area contributed by atoms with Crippen LogP contribution in [0.25, 0.3) is 0 Å². The summed E-state index contributed by atoms with van der Waals surface area (Å²) < 4.78 is 3.40.